The van der Waals surface area contributed by atoms with Crippen molar-refractivity contribution in [3.8, 4) is 17.5 Å². The number of halogens is 1. The number of anilines is 1. The van der Waals surface area contributed by atoms with Crippen molar-refractivity contribution in [2.45, 2.75) is 30.3 Å². The monoisotopic (exact) mass is 485 g/mol. The van der Waals surface area contributed by atoms with Gasteiger partial charge in [0.1, 0.15) is 5.82 Å². The Morgan fingerprint density at radius 2 is 1.69 bits per heavy atom. The summed E-state index contributed by atoms with van der Waals surface area (Å²) in [5, 5.41) is 17.7. The number of nitrogens with zero attached hydrogens (tertiary/aromatic N) is 5. The second-order valence-corrected chi connectivity index (χ2v) is 9.16. The fourth-order valence-electron chi connectivity index (χ4n) is 3.69. The summed E-state index contributed by atoms with van der Waals surface area (Å²) in [4.78, 5) is 15.1. The highest BCUT2D eigenvalue weighted by Gasteiger charge is 2.26. The second kappa shape index (κ2) is 11.4. The fourth-order valence-corrected chi connectivity index (χ4v) is 4.60. The number of amides is 1. The molecule has 176 valence electrons. The number of nitriles is 1. The van der Waals surface area contributed by atoms with Crippen LogP contribution < -0.4 is 4.90 Å². The van der Waals surface area contributed by atoms with E-state index < -0.39 is 5.25 Å². The van der Waals surface area contributed by atoms with Crippen LogP contribution in [-0.4, -0.2) is 32.5 Å². The molecule has 1 amide bonds. The van der Waals surface area contributed by atoms with Crippen LogP contribution in [-0.2, 0) is 11.3 Å². The molecular formula is C27H24FN5OS. The van der Waals surface area contributed by atoms with E-state index in [1.165, 1.54) is 17.8 Å². The third kappa shape index (κ3) is 5.76. The predicted octanol–water partition coefficient (Wildman–Crippen LogP) is 5.56. The van der Waals surface area contributed by atoms with Crippen molar-refractivity contribution in [2.24, 2.45) is 0 Å². The van der Waals surface area contributed by atoms with Gasteiger partial charge in [-0.15, -0.1) is 10.2 Å². The zero-order valence-corrected chi connectivity index (χ0v) is 20.0. The lowest BCUT2D eigenvalue weighted by atomic mass is 10.2. The molecule has 0 radical (unpaired) electrons. The minimum absolute atomic E-state index is 0.141. The molecule has 1 atom stereocenters. The predicted molar refractivity (Wildman–Crippen MR) is 135 cm³/mol. The third-order valence-corrected chi connectivity index (χ3v) is 6.49. The summed E-state index contributed by atoms with van der Waals surface area (Å²) in [5.74, 6) is -0.127. The molecule has 35 heavy (non-hydrogen) atoms. The van der Waals surface area contributed by atoms with Gasteiger partial charge in [-0.25, -0.2) is 4.39 Å². The summed E-state index contributed by atoms with van der Waals surface area (Å²) in [7, 11) is 0. The smallest absolute Gasteiger partial charge is 0.240 e. The van der Waals surface area contributed by atoms with Gasteiger partial charge in [0, 0.05) is 12.2 Å². The molecular weight excluding hydrogens is 461 g/mol. The number of hydrogen-bond acceptors (Lipinski definition) is 5. The first-order valence-electron chi connectivity index (χ1n) is 11.2. The van der Waals surface area contributed by atoms with Crippen LogP contribution in [0.2, 0.25) is 0 Å². The van der Waals surface area contributed by atoms with Gasteiger partial charge in [-0.2, -0.15) is 5.26 Å². The molecule has 4 aromatic rings. The molecule has 0 aliphatic carbocycles. The molecule has 0 saturated carbocycles. The molecule has 0 bridgehead atoms. The zero-order chi connectivity index (χ0) is 24.6. The molecule has 6 nitrogen and oxygen atoms in total. The fraction of sp³-hybridized carbons (Fsp3) is 0.185. The van der Waals surface area contributed by atoms with E-state index in [9.17, 15) is 9.18 Å². The normalized spacial score (nSPS) is 11.6. The second-order valence-electron chi connectivity index (χ2n) is 7.85. The summed E-state index contributed by atoms with van der Waals surface area (Å²) >= 11 is 1.27. The lowest BCUT2D eigenvalue weighted by Crippen LogP contribution is -2.37. The first-order chi connectivity index (χ1) is 17.1. The lowest BCUT2D eigenvalue weighted by molar-refractivity contribution is -0.117. The van der Waals surface area contributed by atoms with Crippen molar-refractivity contribution < 1.29 is 9.18 Å². The summed E-state index contributed by atoms with van der Waals surface area (Å²) in [6, 6.07) is 27.6. The highest BCUT2D eigenvalue weighted by molar-refractivity contribution is 8.00. The van der Waals surface area contributed by atoms with Gasteiger partial charge in [-0.1, -0.05) is 72.4 Å². The van der Waals surface area contributed by atoms with Crippen LogP contribution in [0.1, 0.15) is 18.9 Å². The van der Waals surface area contributed by atoms with Gasteiger partial charge in [0.2, 0.25) is 5.91 Å². The number of carbonyl (C=O) groups excluding carboxylic acids is 1. The van der Waals surface area contributed by atoms with E-state index in [0.29, 0.717) is 29.6 Å². The zero-order valence-electron chi connectivity index (χ0n) is 19.2. The maximum absolute atomic E-state index is 14.6. The molecule has 8 heteroatoms. The van der Waals surface area contributed by atoms with Crippen molar-refractivity contribution in [1.82, 2.24) is 14.8 Å². The van der Waals surface area contributed by atoms with E-state index >= 15 is 0 Å². The maximum atomic E-state index is 14.6. The average Bonchev–Trinajstić information content (AvgIpc) is 3.27. The van der Waals surface area contributed by atoms with Crippen molar-refractivity contribution in [2.75, 3.05) is 11.4 Å². The molecule has 1 heterocycles. The van der Waals surface area contributed by atoms with Crippen molar-refractivity contribution in [1.29, 1.82) is 5.26 Å². The van der Waals surface area contributed by atoms with Crippen LogP contribution >= 0.6 is 11.8 Å². The number of benzene rings is 3. The standard InChI is InChI=1S/C27H24FN5OS/c1-20(26(34)32(18-10-17-29)22-13-6-3-7-14-22)35-27-31-30-25(23-15-8-9-16-24(23)28)33(27)19-21-11-4-2-5-12-21/h2-9,11-16,20H,10,18-19H2,1H3. The molecule has 1 aromatic heterocycles. The van der Waals surface area contributed by atoms with E-state index in [4.69, 9.17) is 5.26 Å². The van der Waals surface area contributed by atoms with E-state index in [1.54, 1.807) is 30.0 Å². The van der Waals surface area contributed by atoms with Crippen LogP contribution in [0.3, 0.4) is 0 Å². The average molecular weight is 486 g/mol. The quantitative estimate of drug-likeness (QED) is 0.290. The van der Waals surface area contributed by atoms with Gasteiger partial charge in [0.15, 0.2) is 11.0 Å². The molecule has 0 fully saturated rings. The van der Waals surface area contributed by atoms with Crippen molar-refractivity contribution in [3.05, 3.63) is 96.3 Å². The van der Waals surface area contributed by atoms with E-state index in [2.05, 4.69) is 16.3 Å². The number of para-hydroxylation sites is 1. The molecule has 3 aromatic carbocycles. The summed E-state index contributed by atoms with van der Waals surface area (Å²) in [6.07, 6.45) is 0.222. The highest BCUT2D eigenvalue weighted by atomic mass is 32.2. The molecule has 0 aliphatic rings. The Morgan fingerprint density at radius 3 is 2.37 bits per heavy atom. The molecule has 0 spiro atoms. The topological polar surface area (TPSA) is 74.8 Å². The van der Waals surface area contributed by atoms with E-state index in [1.807, 2.05) is 65.2 Å². The van der Waals surface area contributed by atoms with Gasteiger partial charge in [-0.05, 0) is 36.8 Å². The number of carbonyl (C=O) groups is 1. The Kier molecular flexibility index (Phi) is 7.91. The van der Waals surface area contributed by atoms with E-state index in [0.717, 1.165) is 11.3 Å². The van der Waals surface area contributed by atoms with Gasteiger partial charge >= 0.3 is 0 Å². The maximum Gasteiger partial charge on any atom is 0.240 e. The summed E-state index contributed by atoms with van der Waals surface area (Å²) < 4.78 is 16.5. The first-order valence-corrected chi connectivity index (χ1v) is 12.1. The van der Waals surface area contributed by atoms with Crippen LogP contribution in [0.4, 0.5) is 10.1 Å². The lowest BCUT2D eigenvalue weighted by Gasteiger charge is -2.25. The minimum Gasteiger partial charge on any atom is -0.310 e. The molecule has 0 N–H and O–H groups in total. The SMILES string of the molecule is CC(Sc1nnc(-c2ccccc2F)n1Cc1ccccc1)C(=O)N(CCC#N)c1ccccc1. The summed E-state index contributed by atoms with van der Waals surface area (Å²) in [5.41, 5.74) is 2.09. The minimum atomic E-state index is -0.513. The Balaban J connectivity index is 1.65. The van der Waals surface area contributed by atoms with Crippen LogP contribution in [0.25, 0.3) is 11.4 Å². The van der Waals surface area contributed by atoms with Gasteiger partial charge < -0.3 is 4.90 Å². The Morgan fingerprint density at radius 1 is 1.03 bits per heavy atom. The van der Waals surface area contributed by atoms with Crippen LogP contribution in [0.15, 0.2) is 90.1 Å². The van der Waals surface area contributed by atoms with Crippen molar-refractivity contribution >= 4 is 23.4 Å². The Hall–Kier alpha value is -3.96. The number of thioether (sulfide) groups is 1. The van der Waals surface area contributed by atoms with Crippen molar-refractivity contribution in [3.63, 3.8) is 0 Å². The molecule has 0 aliphatic heterocycles. The Labute approximate surface area is 208 Å². The third-order valence-electron chi connectivity index (χ3n) is 5.43. The molecule has 4 rings (SSSR count). The number of rotatable bonds is 9. The molecule has 1 unspecified atom stereocenters. The van der Waals surface area contributed by atoms with Gasteiger partial charge in [-0.3, -0.25) is 9.36 Å². The summed E-state index contributed by atoms with van der Waals surface area (Å²) in [6.45, 7) is 2.53. The van der Waals surface area contributed by atoms with Gasteiger partial charge in [0.25, 0.3) is 0 Å². The van der Waals surface area contributed by atoms with E-state index in [-0.39, 0.29) is 18.1 Å². The highest BCUT2D eigenvalue weighted by Crippen LogP contribution is 2.30. The Bertz CT molecular complexity index is 1320. The molecule has 0 saturated heterocycles. The first kappa shape index (κ1) is 24.2. The van der Waals surface area contributed by atoms with Gasteiger partial charge in [0.05, 0.1) is 29.8 Å². The van der Waals surface area contributed by atoms with Crippen LogP contribution in [0, 0.1) is 17.1 Å². The van der Waals surface area contributed by atoms with Crippen LogP contribution in [0.5, 0.6) is 0 Å². The number of aromatic nitrogens is 3. The number of hydrogen-bond donors (Lipinski definition) is 0. The largest absolute Gasteiger partial charge is 0.310 e.